The minimum absolute atomic E-state index is 0.118. The third-order valence-corrected chi connectivity index (χ3v) is 2.09. The van der Waals surface area contributed by atoms with E-state index in [1.165, 1.54) is 0 Å². The number of hydrogen-bond donors (Lipinski definition) is 0. The van der Waals surface area contributed by atoms with Crippen molar-refractivity contribution in [3.8, 4) is 0 Å². The first-order chi connectivity index (χ1) is 7.69. The van der Waals surface area contributed by atoms with E-state index in [0.29, 0.717) is 15.2 Å². The molecule has 0 atom stereocenters. The average molecular weight is 295 g/mol. The van der Waals surface area contributed by atoms with E-state index < -0.39 is 11.7 Å². The van der Waals surface area contributed by atoms with Crippen molar-refractivity contribution in [2.45, 2.75) is 12.1 Å². The van der Waals surface area contributed by atoms with Crippen molar-refractivity contribution in [1.82, 2.24) is 19.9 Å². The van der Waals surface area contributed by atoms with E-state index in [9.17, 15) is 4.79 Å². The Morgan fingerprint density at radius 2 is 2.06 bits per heavy atom. The summed E-state index contributed by atoms with van der Waals surface area (Å²) in [4.78, 5) is 12.8. The van der Waals surface area contributed by atoms with Gasteiger partial charge in [-0.3, -0.25) is 4.90 Å². The van der Waals surface area contributed by atoms with Gasteiger partial charge in [0, 0.05) is 20.8 Å². The Bertz CT molecular complexity index is 411. The van der Waals surface area contributed by atoms with Crippen LogP contribution in [0.3, 0.4) is 0 Å². The van der Waals surface area contributed by atoms with E-state index in [2.05, 4.69) is 30.9 Å². The number of nitrogens with zero attached hydrogens (tertiary/aromatic N) is 4. The zero-order valence-corrected chi connectivity index (χ0v) is 10.2. The maximum Gasteiger partial charge on any atom is 0.411 e. The minimum Gasteiger partial charge on any atom is -0.442 e. The van der Waals surface area contributed by atoms with Crippen LogP contribution in [0.25, 0.3) is 0 Å². The van der Waals surface area contributed by atoms with Gasteiger partial charge in [-0.25, -0.2) is 4.79 Å². The maximum absolute atomic E-state index is 11.3. The van der Waals surface area contributed by atoms with Gasteiger partial charge in [0.05, 0.1) is 13.6 Å². The van der Waals surface area contributed by atoms with E-state index in [1.54, 1.807) is 0 Å². The van der Waals surface area contributed by atoms with Gasteiger partial charge in [-0.2, -0.15) is 9.90 Å². The summed E-state index contributed by atoms with van der Waals surface area (Å²) < 4.78 is 4.75. The highest BCUT2D eigenvalue weighted by molar-refractivity contribution is 9.10. The molecule has 1 amide bonds. The molecule has 10 radical (unpaired) electrons. The molecule has 0 N–H and O–H groups in total. The van der Waals surface area contributed by atoms with Crippen LogP contribution in [0.2, 0.25) is 0 Å². The van der Waals surface area contributed by atoms with Crippen LogP contribution in [-0.4, -0.2) is 31.6 Å². The number of carbonyl (C=O) groups is 1. The molecule has 0 bridgehead atoms. The molecule has 0 saturated heterocycles. The molecule has 0 unspecified atom stereocenters. The van der Waals surface area contributed by atoms with Crippen LogP contribution in [0.1, 0.15) is 5.69 Å². The van der Waals surface area contributed by atoms with Gasteiger partial charge in [0.1, 0.15) is 18.3 Å². The first-order valence-corrected chi connectivity index (χ1v) is 4.97. The van der Waals surface area contributed by atoms with E-state index >= 15 is 0 Å². The van der Waals surface area contributed by atoms with Crippen LogP contribution in [0, 0.1) is 34.9 Å². The summed E-state index contributed by atoms with van der Waals surface area (Å²) in [6, 6.07) is 0. The molecule has 0 aromatic carbocycles. The topological polar surface area (TPSA) is 60.2 Å². The average Bonchev–Trinajstić information content (AvgIpc) is 2.42. The lowest BCUT2D eigenvalue weighted by Crippen LogP contribution is -2.33. The standard InChI is InChI=1S/C10H7BrN4O2/c1-10(2,3)17-9(16)14(4)6-7-8(11)13-15(5)12-7/h1-5H,6H2. The third-order valence-electron chi connectivity index (χ3n) is 1.47. The van der Waals surface area contributed by atoms with Gasteiger partial charge in [-0.1, -0.05) is 0 Å². The second kappa shape index (κ2) is 5.03. The molecule has 7 heteroatoms. The maximum atomic E-state index is 11.3. The molecule has 1 aromatic heterocycles. The zero-order valence-electron chi connectivity index (χ0n) is 8.58. The smallest absolute Gasteiger partial charge is 0.411 e. The highest BCUT2D eigenvalue weighted by atomic mass is 79.9. The van der Waals surface area contributed by atoms with Gasteiger partial charge in [-0.05, 0) is 15.9 Å². The van der Waals surface area contributed by atoms with Crippen LogP contribution in [0.15, 0.2) is 4.60 Å². The minimum atomic E-state index is -2.10. The molecule has 1 heterocycles. The molecule has 0 fully saturated rings. The molecular weight excluding hydrogens is 288 g/mol. The number of rotatable bonds is 3. The molecule has 0 aliphatic heterocycles. The second-order valence-corrected chi connectivity index (χ2v) is 3.86. The second-order valence-electron chi connectivity index (χ2n) is 3.11. The van der Waals surface area contributed by atoms with Gasteiger partial charge >= 0.3 is 6.09 Å². The third kappa shape index (κ3) is 4.33. The molecule has 0 saturated carbocycles. The van der Waals surface area contributed by atoms with Gasteiger partial charge in [-0.15, -0.1) is 5.10 Å². The van der Waals surface area contributed by atoms with Crippen LogP contribution in [0.5, 0.6) is 0 Å². The molecule has 1 aromatic rings. The lowest BCUT2D eigenvalue weighted by Gasteiger charge is -2.22. The highest BCUT2D eigenvalue weighted by Gasteiger charge is 2.22. The Hall–Kier alpha value is -1.11. The fraction of sp³-hybridized carbons (Fsp3) is 0.200. The number of amides is 1. The number of aromatic nitrogens is 3. The number of hydrogen-bond acceptors (Lipinski definition) is 4. The molecule has 6 nitrogen and oxygen atoms in total. The lowest BCUT2D eigenvalue weighted by atomic mass is 10.2. The molecule has 17 heavy (non-hydrogen) atoms. The van der Waals surface area contributed by atoms with Crippen molar-refractivity contribution < 1.29 is 9.53 Å². The summed E-state index contributed by atoms with van der Waals surface area (Å²) >= 11 is 3.07. The highest BCUT2D eigenvalue weighted by Crippen LogP contribution is 2.15. The van der Waals surface area contributed by atoms with Gasteiger partial charge in [0.15, 0.2) is 4.60 Å². The van der Waals surface area contributed by atoms with Crippen molar-refractivity contribution >= 4 is 22.0 Å². The lowest BCUT2D eigenvalue weighted by molar-refractivity contribution is 0.0730. The Morgan fingerprint density at radius 1 is 1.47 bits per heavy atom. The van der Waals surface area contributed by atoms with Crippen LogP contribution < -0.4 is 0 Å². The van der Waals surface area contributed by atoms with Crippen LogP contribution in [-0.2, 0) is 11.3 Å². The Labute approximate surface area is 109 Å². The summed E-state index contributed by atoms with van der Waals surface area (Å²) in [5.74, 6) is 0. The van der Waals surface area contributed by atoms with Crippen molar-refractivity contribution in [3.05, 3.63) is 45.2 Å². The van der Waals surface area contributed by atoms with Crippen molar-refractivity contribution in [1.29, 1.82) is 0 Å². The number of halogens is 1. The van der Waals surface area contributed by atoms with Gasteiger partial charge in [0.2, 0.25) is 0 Å². The monoisotopic (exact) mass is 294 g/mol. The van der Waals surface area contributed by atoms with Gasteiger partial charge < -0.3 is 4.74 Å². The van der Waals surface area contributed by atoms with E-state index in [1.807, 2.05) is 0 Å². The Morgan fingerprint density at radius 3 is 2.47 bits per heavy atom. The van der Waals surface area contributed by atoms with Crippen LogP contribution in [0.4, 0.5) is 4.79 Å². The molecule has 1 rings (SSSR count). The number of carbonyl (C=O) groups excluding carboxylic acids is 1. The predicted octanol–water partition coefficient (Wildman–Crippen LogP) is 1.04. The zero-order chi connectivity index (χ0) is 13.2. The fourth-order valence-electron chi connectivity index (χ4n) is 0.868. The SMILES string of the molecule is [CH]N(Cc1nn([CH])nc1Br)C(=O)OC([CH])([CH])[CH]. The van der Waals surface area contributed by atoms with E-state index in [-0.39, 0.29) is 6.54 Å². The first kappa shape index (κ1) is 14.0. The molecule has 0 aliphatic rings. The van der Waals surface area contributed by atoms with Crippen molar-refractivity contribution in [2.75, 3.05) is 0 Å². The molecule has 0 spiro atoms. The number of ether oxygens (including phenoxy) is 1. The molecular formula is C10H7BrN4O2. The quantitative estimate of drug-likeness (QED) is 0.782. The Kier molecular flexibility index (Phi) is 4.13. The summed E-state index contributed by atoms with van der Waals surface area (Å²) in [6.07, 6.45) is -1.02. The molecule has 0 aliphatic carbocycles. The largest absolute Gasteiger partial charge is 0.442 e. The summed E-state index contributed by atoms with van der Waals surface area (Å²) in [5.41, 5.74) is -1.78. The predicted molar refractivity (Wildman–Crippen MR) is 59.4 cm³/mol. The Balaban J connectivity index is 2.63. The normalized spacial score (nSPS) is 11.4. The van der Waals surface area contributed by atoms with E-state index in [0.717, 1.165) is 4.80 Å². The molecule has 86 valence electrons. The van der Waals surface area contributed by atoms with E-state index in [4.69, 9.17) is 34.9 Å². The van der Waals surface area contributed by atoms with Gasteiger partial charge in [0.25, 0.3) is 0 Å². The summed E-state index contributed by atoms with van der Waals surface area (Å²) in [5, 5.41) is 7.43. The van der Waals surface area contributed by atoms with Crippen LogP contribution >= 0.6 is 15.9 Å². The van der Waals surface area contributed by atoms with Crippen molar-refractivity contribution in [2.24, 2.45) is 0 Å². The van der Waals surface area contributed by atoms with Crippen molar-refractivity contribution in [3.63, 3.8) is 0 Å². The fourth-order valence-corrected chi connectivity index (χ4v) is 1.23. The summed E-state index contributed by atoms with van der Waals surface area (Å²) in [7, 11) is 10.6. The first-order valence-electron chi connectivity index (χ1n) is 4.17. The summed E-state index contributed by atoms with van der Waals surface area (Å²) in [6.45, 7) is 15.1.